The number of anilines is 4. The van der Waals surface area contributed by atoms with Crippen LogP contribution in [0.25, 0.3) is 11.3 Å². The molecule has 0 spiro atoms. The van der Waals surface area contributed by atoms with Gasteiger partial charge in [-0.25, -0.2) is 9.97 Å². The van der Waals surface area contributed by atoms with E-state index in [1.54, 1.807) is 11.1 Å². The first-order valence-corrected chi connectivity index (χ1v) is 12.1. The second-order valence-electron chi connectivity index (χ2n) is 9.66. The summed E-state index contributed by atoms with van der Waals surface area (Å²) >= 11 is 0. The number of carbonyl (C=O) groups is 1. The van der Waals surface area contributed by atoms with Gasteiger partial charge >= 0.3 is 0 Å². The third kappa shape index (κ3) is 3.71. The Morgan fingerprint density at radius 2 is 1.91 bits per heavy atom. The van der Waals surface area contributed by atoms with Crippen molar-refractivity contribution in [3.8, 4) is 11.3 Å². The normalized spacial score (nSPS) is 18.0. The number of hydrogen-bond acceptors (Lipinski definition) is 6. The molecule has 1 amide bonds. The predicted octanol–water partition coefficient (Wildman–Crippen LogP) is 4.78. The third-order valence-corrected chi connectivity index (χ3v) is 7.00. The minimum Gasteiger partial charge on any atom is -0.355 e. The van der Waals surface area contributed by atoms with Crippen molar-refractivity contribution in [2.45, 2.75) is 65.0 Å². The van der Waals surface area contributed by atoms with Gasteiger partial charge in [0.1, 0.15) is 6.04 Å². The SMILES string of the molecule is CC[C@@H]1C(=O)N(C)c2ccc(Nc3nccc(-c4c(C5CC5)nn(C)c4C)n3)cc2N1C(C)C. The van der Waals surface area contributed by atoms with Crippen molar-refractivity contribution < 1.29 is 4.79 Å². The fourth-order valence-corrected chi connectivity index (χ4v) is 5.01. The van der Waals surface area contributed by atoms with Crippen LogP contribution in [0.15, 0.2) is 30.5 Å². The number of aromatic nitrogens is 4. The monoisotopic (exact) mass is 459 g/mol. The van der Waals surface area contributed by atoms with Gasteiger partial charge in [-0.3, -0.25) is 9.48 Å². The molecular weight excluding hydrogens is 426 g/mol. The van der Waals surface area contributed by atoms with Gasteiger partial charge in [0.25, 0.3) is 0 Å². The molecule has 0 radical (unpaired) electrons. The molecule has 1 aromatic carbocycles. The summed E-state index contributed by atoms with van der Waals surface area (Å²) < 4.78 is 1.95. The predicted molar refractivity (Wildman–Crippen MR) is 136 cm³/mol. The fourth-order valence-electron chi connectivity index (χ4n) is 5.01. The van der Waals surface area contributed by atoms with E-state index in [4.69, 9.17) is 10.1 Å². The van der Waals surface area contributed by atoms with Crippen molar-refractivity contribution in [3.63, 3.8) is 0 Å². The zero-order valence-electron chi connectivity index (χ0n) is 20.8. The lowest BCUT2D eigenvalue weighted by Gasteiger charge is -2.44. The largest absolute Gasteiger partial charge is 0.355 e. The molecule has 1 N–H and O–H groups in total. The zero-order valence-corrected chi connectivity index (χ0v) is 20.8. The maximum absolute atomic E-state index is 12.9. The van der Waals surface area contributed by atoms with Gasteiger partial charge in [0, 0.05) is 49.2 Å². The van der Waals surface area contributed by atoms with E-state index in [9.17, 15) is 4.79 Å². The minimum absolute atomic E-state index is 0.138. The molecule has 1 atom stereocenters. The van der Waals surface area contributed by atoms with Crippen molar-refractivity contribution in [3.05, 3.63) is 41.9 Å². The first kappa shape index (κ1) is 22.4. The molecule has 34 heavy (non-hydrogen) atoms. The number of aryl methyl sites for hydroxylation is 1. The topological polar surface area (TPSA) is 79.2 Å². The Kier molecular flexibility index (Phi) is 5.54. The van der Waals surface area contributed by atoms with Gasteiger partial charge in [-0.05, 0) is 64.3 Å². The number of likely N-dealkylation sites (N-methyl/N-ethyl adjacent to an activating group) is 1. The van der Waals surface area contributed by atoms with Crippen LogP contribution in [-0.2, 0) is 11.8 Å². The van der Waals surface area contributed by atoms with Crippen molar-refractivity contribution in [1.82, 2.24) is 19.7 Å². The van der Waals surface area contributed by atoms with Crippen LogP contribution in [0.5, 0.6) is 0 Å². The number of nitrogens with zero attached hydrogens (tertiary/aromatic N) is 6. The van der Waals surface area contributed by atoms with Gasteiger partial charge < -0.3 is 15.1 Å². The van der Waals surface area contributed by atoms with Crippen molar-refractivity contribution >= 4 is 28.9 Å². The third-order valence-electron chi connectivity index (χ3n) is 7.00. The summed E-state index contributed by atoms with van der Waals surface area (Å²) in [6.45, 7) is 8.42. The van der Waals surface area contributed by atoms with Crippen LogP contribution >= 0.6 is 0 Å². The molecule has 1 saturated carbocycles. The van der Waals surface area contributed by atoms with E-state index < -0.39 is 0 Å². The summed E-state index contributed by atoms with van der Waals surface area (Å²) in [4.78, 5) is 26.3. The number of hydrogen-bond donors (Lipinski definition) is 1. The Morgan fingerprint density at radius 1 is 1.15 bits per heavy atom. The molecule has 5 rings (SSSR count). The van der Waals surface area contributed by atoms with E-state index in [1.807, 2.05) is 37.0 Å². The molecule has 1 aliphatic heterocycles. The maximum atomic E-state index is 12.9. The highest BCUT2D eigenvalue weighted by Gasteiger charge is 2.37. The molecule has 178 valence electrons. The molecule has 0 bridgehead atoms. The molecule has 1 aliphatic carbocycles. The molecule has 2 aliphatic rings. The smallest absolute Gasteiger partial charge is 0.249 e. The van der Waals surface area contributed by atoms with Crippen LogP contribution < -0.4 is 15.1 Å². The van der Waals surface area contributed by atoms with Crippen LogP contribution in [0.1, 0.15) is 57.3 Å². The minimum atomic E-state index is -0.165. The van der Waals surface area contributed by atoms with Crippen molar-refractivity contribution in [2.24, 2.45) is 7.05 Å². The second-order valence-corrected chi connectivity index (χ2v) is 9.66. The molecular formula is C26H33N7O. The van der Waals surface area contributed by atoms with Gasteiger partial charge in [-0.1, -0.05) is 6.92 Å². The van der Waals surface area contributed by atoms with E-state index in [0.29, 0.717) is 11.9 Å². The van der Waals surface area contributed by atoms with E-state index in [0.717, 1.165) is 46.1 Å². The summed E-state index contributed by atoms with van der Waals surface area (Å²) in [5.74, 6) is 1.22. The average Bonchev–Trinajstić information content (AvgIpc) is 3.61. The molecule has 0 saturated heterocycles. The average molecular weight is 460 g/mol. The number of benzene rings is 1. The van der Waals surface area contributed by atoms with Crippen LogP contribution in [-0.4, -0.2) is 44.8 Å². The maximum Gasteiger partial charge on any atom is 0.249 e. The van der Waals surface area contributed by atoms with E-state index >= 15 is 0 Å². The molecule has 1 fully saturated rings. The highest BCUT2D eigenvalue weighted by Crippen LogP contribution is 2.44. The quantitative estimate of drug-likeness (QED) is 0.572. The number of nitrogens with one attached hydrogen (secondary N) is 1. The van der Waals surface area contributed by atoms with E-state index in [2.05, 4.69) is 49.0 Å². The summed E-state index contributed by atoms with van der Waals surface area (Å²) in [6, 6.07) is 8.07. The summed E-state index contributed by atoms with van der Waals surface area (Å²) in [6.07, 6.45) is 4.94. The molecule has 3 aromatic rings. The Labute approximate surface area is 201 Å². The molecule has 0 unspecified atom stereocenters. The Hall–Kier alpha value is -3.42. The highest BCUT2D eigenvalue weighted by atomic mass is 16.2. The Morgan fingerprint density at radius 3 is 2.59 bits per heavy atom. The summed E-state index contributed by atoms with van der Waals surface area (Å²) in [5.41, 5.74) is 7.13. The fraction of sp³-hybridized carbons (Fsp3) is 0.462. The molecule has 2 aromatic heterocycles. The van der Waals surface area contributed by atoms with Crippen molar-refractivity contribution in [2.75, 3.05) is 22.2 Å². The number of carbonyl (C=O) groups excluding carboxylic acids is 1. The lowest BCUT2D eigenvalue weighted by molar-refractivity contribution is -0.120. The van der Waals surface area contributed by atoms with Crippen molar-refractivity contribution in [1.29, 1.82) is 0 Å². The zero-order chi connectivity index (χ0) is 24.1. The standard InChI is InChI=1S/C26H33N7O/c1-7-20-25(34)31(5)21-11-10-18(14-22(21)33(20)15(2)3)28-26-27-13-12-19(29-26)23-16(4)32(6)30-24(23)17-8-9-17/h10-15,17,20H,7-9H2,1-6H3,(H,27,28,29)/t20-/m1/s1. The van der Waals surface area contributed by atoms with Crippen LogP contribution in [0, 0.1) is 6.92 Å². The lowest BCUT2D eigenvalue weighted by Crippen LogP contribution is -2.54. The van der Waals surface area contributed by atoms with Gasteiger partial charge in [0.15, 0.2) is 0 Å². The van der Waals surface area contributed by atoms with E-state index in [-0.39, 0.29) is 18.0 Å². The van der Waals surface area contributed by atoms with Crippen LogP contribution in [0.2, 0.25) is 0 Å². The number of fused-ring (bicyclic) bond motifs is 1. The van der Waals surface area contributed by atoms with Gasteiger partial charge in [0.05, 0.1) is 22.8 Å². The number of rotatable bonds is 6. The molecule has 8 heteroatoms. The highest BCUT2D eigenvalue weighted by molar-refractivity contribution is 6.05. The van der Waals surface area contributed by atoms with Gasteiger partial charge in [0.2, 0.25) is 11.9 Å². The van der Waals surface area contributed by atoms with Gasteiger partial charge in [-0.15, -0.1) is 0 Å². The summed E-state index contributed by atoms with van der Waals surface area (Å²) in [5, 5.41) is 8.16. The Bertz CT molecular complexity index is 1240. The number of amides is 1. The molecule has 3 heterocycles. The first-order valence-electron chi connectivity index (χ1n) is 12.1. The van der Waals surface area contributed by atoms with E-state index in [1.165, 1.54) is 12.8 Å². The second kappa shape index (κ2) is 8.42. The first-order chi connectivity index (χ1) is 16.3. The van der Waals surface area contributed by atoms with Crippen LogP contribution in [0.4, 0.5) is 23.0 Å². The summed E-state index contributed by atoms with van der Waals surface area (Å²) in [7, 11) is 3.85. The van der Waals surface area contributed by atoms with Gasteiger partial charge in [-0.2, -0.15) is 5.10 Å². The van der Waals surface area contributed by atoms with Crippen LogP contribution in [0.3, 0.4) is 0 Å². The Balaban J connectivity index is 1.49. The lowest BCUT2D eigenvalue weighted by atomic mass is 10.0. The molecule has 8 nitrogen and oxygen atoms in total.